The lowest BCUT2D eigenvalue weighted by molar-refractivity contribution is -0.00545. The van der Waals surface area contributed by atoms with Gasteiger partial charge in [0.15, 0.2) is 0 Å². The van der Waals surface area contributed by atoms with Gasteiger partial charge >= 0.3 is 0 Å². The molecule has 4 nitrogen and oxygen atoms in total. The van der Waals surface area contributed by atoms with Gasteiger partial charge in [0.2, 0.25) is 0 Å². The zero-order valence-electron chi connectivity index (χ0n) is 14.5. The summed E-state index contributed by atoms with van der Waals surface area (Å²) < 4.78 is 32.5. The summed E-state index contributed by atoms with van der Waals surface area (Å²) in [4.78, 5) is 6.75. The SMILES string of the molecule is C[C@@H]1CN(c2ccc(CNCc3cc(F)ccc3F)cn2)C[C@@H](C)O1. The van der Waals surface area contributed by atoms with Crippen LogP contribution in [0.5, 0.6) is 0 Å². The average Bonchev–Trinajstić information content (AvgIpc) is 2.58. The first kappa shape index (κ1) is 17.8. The third-order valence-corrected chi connectivity index (χ3v) is 4.21. The fourth-order valence-electron chi connectivity index (χ4n) is 3.09. The van der Waals surface area contributed by atoms with Crippen molar-refractivity contribution in [2.45, 2.75) is 39.1 Å². The number of hydrogen-bond acceptors (Lipinski definition) is 4. The summed E-state index contributed by atoms with van der Waals surface area (Å²) in [5.74, 6) is 0.0954. The van der Waals surface area contributed by atoms with Gasteiger partial charge in [-0.3, -0.25) is 0 Å². The average molecular weight is 347 g/mol. The Hall–Kier alpha value is -2.05. The number of nitrogens with zero attached hydrogens (tertiary/aromatic N) is 2. The number of morpholine rings is 1. The van der Waals surface area contributed by atoms with Crippen molar-refractivity contribution in [1.82, 2.24) is 10.3 Å². The van der Waals surface area contributed by atoms with E-state index < -0.39 is 11.6 Å². The number of nitrogens with one attached hydrogen (secondary N) is 1. The van der Waals surface area contributed by atoms with E-state index in [1.165, 1.54) is 6.07 Å². The Morgan fingerprint density at radius 2 is 1.88 bits per heavy atom. The molecule has 2 heterocycles. The fourth-order valence-corrected chi connectivity index (χ4v) is 3.09. The van der Waals surface area contributed by atoms with Gasteiger partial charge in [-0.05, 0) is 43.7 Å². The van der Waals surface area contributed by atoms with Gasteiger partial charge in [0, 0.05) is 37.9 Å². The Balaban J connectivity index is 1.55. The zero-order valence-corrected chi connectivity index (χ0v) is 14.5. The molecule has 1 aromatic heterocycles. The van der Waals surface area contributed by atoms with Gasteiger partial charge in [-0.25, -0.2) is 13.8 Å². The molecule has 1 aliphatic rings. The second-order valence-corrected chi connectivity index (χ2v) is 6.53. The molecule has 0 unspecified atom stereocenters. The van der Waals surface area contributed by atoms with Crippen LogP contribution in [-0.2, 0) is 17.8 Å². The van der Waals surface area contributed by atoms with Crippen LogP contribution in [0.1, 0.15) is 25.0 Å². The molecule has 2 atom stereocenters. The minimum atomic E-state index is -0.432. The highest BCUT2D eigenvalue weighted by atomic mass is 19.1. The molecule has 0 aliphatic carbocycles. The van der Waals surface area contributed by atoms with Crippen LogP contribution in [0.3, 0.4) is 0 Å². The number of ether oxygens (including phenoxy) is 1. The lowest BCUT2D eigenvalue weighted by Crippen LogP contribution is -2.45. The molecule has 0 bridgehead atoms. The standard InChI is InChI=1S/C19H23F2N3O/c1-13-11-24(12-14(2)25-13)19-6-3-15(9-23-19)8-22-10-16-7-17(20)4-5-18(16)21/h3-7,9,13-14,22H,8,10-12H2,1-2H3/t13-,14-/m1/s1. The molecule has 0 saturated carbocycles. The smallest absolute Gasteiger partial charge is 0.128 e. The molecule has 1 aromatic carbocycles. The van der Waals surface area contributed by atoms with E-state index in [9.17, 15) is 8.78 Å². The molecule has 1 N–H and O–H groups in total. The van der Waals surface area contributed by atoms with Gasteiger partial charge in [-0.15, -0.1) is 0 Å². The lowest BCUT2D eigenvalue weighted by atomic mass is 10.2. The minimum Gasteiger partial charge on any atom is -0.372 e. The van der Waals surface area contributed by atoms with E-state index in [1.54, 1.807) is 0 Å². The largest absolute Gasteiger partial charge is 0.372 e. The molecule has 2 aromatic rings. The van der Waals surface area contributed by atoms with Crippen molar-refractivity contribution in [3.8, 4) is 0 Å². The summed E-state index contributed by atoms with van der Waals surface area (Å²) in [6.45, 7) is 6.59. The van der Waals surface area contributed by atoms with Crippen LogP contribution in [0.15, 0.2) is 36.5 Å². The Labute approximate surface area is 146 Å². The van der Waals surface area contributed by atoms with Crippen LogP contribution in [0.4, 0.5) is 14.6 Å². The number of pyridine rings is 1. The Kier molecular flexibility index (Phi) is 5.60. The van der Waals surface area contributed by atoms with Gasteiger partial charge < -0.3 is 15.0 Å². The molecule has 0 amide bonds. The van der Waals surface area contributed by atoms with Crippen molar-refractivity contribution in [2.24, 2.45) is 0 Å². The molecule has 3 rings (SSSR count). The molecule has 1 aliphatic heterocycles. The van der Waals surface area contributed by atoms with E-state index in [1.807, 2.05) is 18.3 Å². The summed E-state index contributed by atoms with van der Waals surface area (Å²) in [6, 6.07) is 7.47. The number of halogens is 2. The third kappa shape index (κ3) is 4.74. The summed E-state index contributed by atoms with van der Waals surface area (Å²) in [6.07, 6.45) is 2.19. The zero-order chi connectivity index (χ0) is 17.8. The van der Waals surface area contributed by atoms with E-state index >= 15 is 0 Å². The molecule has 25 heavy (non-hydrogen) atoms. The third-order valence-electron chi connectivity index (χ3n) is 4.21. The van der Waals surface area contributed by atoms with E-state index in [4.69, 9.17) is 4.74 Å². The topological polar surface area (TPSA) is 37.4 Å². The first-order valence-electron chi connectivity index (χ1n) is 8.51. The first-order valence-corrected chi connectivity index (χ1v) is 8.51. The summed E-state index contributed by atoms with van der Waals surface area (Å²) >= 11 is 0. The maximum atomic E-state index is 13.6. The van der Waals surface area contributed by atoms with Crippen LogP contribution in [0.25, 0.3) is 0 Å². The van der Waals surface area contributed by atoms with E-state index in [0.29, 0.717) is 12.1 Å². The van der Waals surface area contributed by atoms with Crippen molar-refractivity contribution in [2.75, 3.05) is 18.0 Å². The molecular formula is C19H23F2N3O. The molecule has 6 heteroatoms. The number of hydrogen-bond donors (Lipinski definition) is 1. The molecule has 1 saturated heterocycles. The second-order valence-electron chi connectivity index (χ2n) is 6.53. The maximum Gasteiger partial charge on any atom is 0.128 e. The number of anilines is 1. The highest BCUT2D eigenvalue weighted by Crippen LogP contribution is 2.18. The number of rotatable bonds is 5. The van der Waals surface area contributed by atoms with Crippen molar-refractivity contribution < 1.29 is 13.5 Å². The van der Waals surface area contributed by atoms with Gasteiger partial charge in [0.25, 0.3) is 0 Å². The second kappa shape index (κ2) is 7.89. The highest BCUT2D eigenvalue weighted by Gasteiger charge is 2.22. The van der Waals surface area contributed by atoms with Gasteiger partial charge in [0.05, 0.1) is 12.2 Å². The molecular weight excluding hydrogens is 324 g/mol. The van der Waals surface area contributed by atoms with Crippen molar-refractivity contribution in [3.05, 3.63) is 59.3 Å². The molecule has 1 fully saturated rings. The van der Waals surface area contributed by atoms with Gasteiger partial charge in [0.1, 0.15) is 17.5 Å². The Morgan fingerprint density at radius 3 is 2.56 bits per heavy atom. The normalized spacial score (nSPS) is 20.7. The predicted octanol–water partition coefficient (Wildman–Crippen LogP) is 3.26. The van der Waals surface area contributed by atoms with Crippen LogP contribution in [-0.4, -0.2) is 30.3 Å². The van der Waals surface area contributed by atoms with E-state index in [0.717, 1.165) is 36.6 Å². The Morgan fingerprint density at radius 1 is 1.12 bits per heavy atom. The summed E-state index contributed by atoms with van der Waals surface area (Å²) in [7, 11) is 0. The van der Waals surface area contributed by atoms with Crippen LogP contribution in [0, 0.1) is 11.6 Å². The summed E-state index contributed by atoms with van der Waals surface area (Å²) in [5, 5.41) is 3.12. The Bertz CT molecular complexity index is 698. The quantitative estimate of drug-likeness (QED) is 0.901. The molecule has 134 valence electrons. The van der Waals surface area contributed by atoms with Crippen molar-refractivity contribution in [1.29, 1.82) is 0 Å². The van der Waals surface area contributed by atoms with Crippen molar-refractivity contribution >= 4 is 5.82 Å². The number of benzene rings is 1. The van der Waals surface area contributed by atoms with Crippen LogP contribution in [0.2, 0.25) is 0 Å². The fraction of sp³-hybridized carbons (Fsp3) is 0.421. The van der Waals surface area contributed by atoms with Crippen molar-refractivity contribution in [3.63, 3.8) is 0 Å². The van der Waals surface area contributed by atoms with Crippen LogP contribution >= 0.6 is 0 Å². The monoisotopic (exact) mass is 347 g/mol. The van der Waals surface area contributed by atoms with E-state index in [2.05, 4.69) is 29.0 Å². The summed E-state index contributed by atoms with van der Waals surface area (Å²) in [5.41, 5.74) is 1.32. The highest BCUT2D eigenvalue weighted by molar-refractivity contribution is 5.40. The number of aromatic nitrogens is 1. The predicted molar refractivity (Wildman–Crippen MR) is 93.4 cm³/mol. The van der Waals surface area contributed by atoms with Gasteiger partial charge in [-0.2, -0.15) is 0 Å². The van der Waals surface area contributed by atoms with E-state index in [-0.39, 0.29) is 18.8 Å². The minimum absolute atomic E-state index is 0.188. The van der Waals surface area contributed by atoms with Gasteiger partial charge in [-0.1, -0.05) is 6.07 Å². The lowest BCUT2D eigenvalue weighted by Gasteiger charge is -2.36. The first-order chi connectivity index (χ1) is 12.0. The maximum absolute atomic E-state index is 13.6. The molecule has 0 radical (unpaired) electrons. The van der Waals surface area contributed by atoms with Crippen LogP contribution < -0.4 is 10.2 Å². The molecule has 0 spiro atoms.